The normalized spacial score (nSPS) is 30.0. The van der Waals surface area contributed by atoms with Crippen LogP contribution in [0.25, 0.3) is 0 Å². The van der Waals surface area contributed by atoms with Crippen LogP contribution in [0.15, 0.2) is 12.1 Å². The topological polar surface area (TPSA) is 30.5 Å². The Hall–Kier alpha value is -1.22. The van der Waals surface area contributed by atoms with E-state index in [4.69, 9.17) is 9.47 Å². The highest BCUT2D eigenvalue weighted by Gasteiger charge is 2.35. The number of hydrogen-bond acceptors (Lipinski definition) is 3. The molecule has 16 heavy (non-hydrogen) atoms. The Bertz CT molecular complexity index is 444. The molecular weight excluding hydrogens is 202 g/mol. The predicted octanol–water partition coefficient (Wildman–Crippen LogP) is 1.81. The summed E-state index contributed by atoms with van der Waals surface area (Å²) in [7, 11) is 0. The van der Waals surface area contributed by atoms with E-state index in [2.05, 4.69) is 17.4 Å². The molecule has 1 aliphatic carbocycles. The predicted molar refractivity (Wildman–Crippen MR) is 60.0 cm³/mol. The quantitative estimate of drug-likeness (QED) is 0.719. The molecule has 84 valence electrons. The SMILES string of the molecule is c1cc2c(c3c1OCO3)CC[C@H]1NCCC21. The first-order chi connectivity index (χ1) is 7.93. The smallest absolute Gasteiger partial charge is 0.231 e. The van der Waals surface area contributed by atoms with Gasteiger partial charge in [-0.25, -0.2) is 0 Å². The molecule has 3 heteroatoms. The average molecular weight is 217 g/mol. The first kappa shape index (κ1) is 8.88. The monoisotopic (exact) mass is 217 g/mol. The summed E-state index contributed by atoms with van der Waals surface area (Å²) in [4.78, 5) is 0. The van der Waals surface area contributed by atoms with Crippen molar-refractivity contribution in [1.29, 1.82) is 0 Å². The summed E-state index contributed by atoms with van der Waals surface area (Å²) in [5.74, 6) is 2.64. The number of hydrogen-bond donors (Lipinski definition) is 1. The third kappa shape index (κ3) is 1.07. The zero-order chi connectivity index (χ0) is 10.5. The molecule has 1 unspecified atom stereocenters. The zero-order valence-electron chi connectivity index (χ0n) is 9.16. The lowest BCUT2D eigenvalue weighted by Crippen LogP contribution is -2.30. The average Bonchev–Trinajstić information content (AvgIpc) is 2.96. The van der Waals surface area contributed by atoms with Crippen molar-refractivity contribution in [3.63, 3.8) is 0 Å². The van der Waals surface area contributed by atoms with E-state index >= 15 is 0 Å². The minimum Gasteiger partial charge on any atom is -0.454 e. The lowest BCUT2D eigenvalue weighted by Gasteiger charge is -2.28. The van der Waals surface area contributed by atoms with Crippen molar-refractivity contribution in [3.05, 3.63) is 23.3 Å². The molecule has 1 aromatic rings. The highest BCUT2D eigenvalue weighted by molar-refractivity contribution is 5.54. The molecule has 0 bridgehead atoms. The maximum atomic E-state index is 5.60. The number of benzene rings is 1. The Morgan fingerprint density at radius 2 is 2.19 bits per heavy atom. The van der Waals surface area contributed by atoms with Gasteiger partial charge in [-0.15, -0.1) is 0 Å². The van der Waals surface area contributed by atoms with Gasteiger partial charge in [-0.1, -0.05) is 6.07 Å². The van der Waals surface area contributed by atoms with Gasteiger partial charge in [0, 0.05) is 17.5 Å². The van der Waals surface area contributed by atoms with Gasteiger partial charge < -0.3 is 14.8 Å². The number of ether oxygens (including phenoxy) is 2. The van der Waals surface area contributed by atoms with Gasteiger partial charge in [0.05, 0.1) is 0 Å². The molecule has 0 amide bonds. The van der Waals surface area contributed by atoms with E-state index in [0.29, 0.717) is 18.8 Å². The molecule has 1 fully saturated rings. The van der Waals surface area contributed by atoms with Gasteiger partial charge in [0.2, 0.25) is 6.79 Å². The largest absolute Gasteiger partial charge is 0.454 e. The fraction of sp³-hybridized carbons (Fsp3) is 0.538. The molecule has 1 N–H and O–H groups in total. The molecule has 1 saturated heterocycles. The van der Waals surface area contributed by atoms with Crippen molar-refractivity contribution < 1.29 is 9.47 Å². The minimum absolute atomic E-state index is 0.387. The third-order valence-corrected chi connectivity index (χ3v) is 4.13. The second kappa shape index (κ2) is 3.14. The van der Waals surface area contributed by atoms with Crippen LogP contribution in [0.5, 0.6) is 11.5 Å². The van der Waals surface area contributed by atoms with Crippen molar-refractivity contribution in [2.75, 3.05) is 13.3 Å². The Labute approximate surface area is 94.7 Å². The zero-order valence-corrected chi connectivity index (χ0v) is 9.16. The fourth-order valence-corrected chi connectivity index (χ4v) is 3.39. The lowest BCUT2D eigenvalue weighted by molar-refractivity contribution is 0.173. The molecule has 2 atom stereocenters. The van der Waals surface area contributed by atoms with E-state index < -0.39 is 0 Å². The summed E-state index contributed by atoms with van der Waals surface area (Å²) >= 11 is 0. The van der Waals surface area contributed by atoms with Gasteiger partial charge in [0.1, 0.15) is 0 Å². The molecule has 3 aliphatic rings. The molecule has 4 rings (SSSR count). The van der Waals surface area contributed by atoms with Crippen LogP contribution in [0.2, 0.25) is 0 Å². The molecule has 3 nitrogen and oxygen atoms in total. The van der Waals surface area contributed by atoms with Crippen LogP contribution in [-0.4, -0.2) is 19.4 Å². The van der Waals surface area contributed by atoms with E-state index in [9.17, 15) is 0 Å². The van der Waals surface area contributed by atoms with Crippen LogP contribution >= 0.6 is 0 Å². The molecule has 1 aromatic carbocycles. The van der Waals surface area contributed by atoms with Crippen molar-refractivity contribution in [2.45, 2.75) is 31.2 Å². The Balaban J connectivity index is 1.86. The summed E-state index contributed by atoms with van der Waals surface area (Å²) in [5.41, 5.74) is 2.89. The van der Waals surface area contributed by atoms with Crippen LogP contribution < -0.4 is 14.8 Å². The summed E-state index contributed by atoms with van der Waals surface area (Å²) < 4.78 is 11.0. The Morgan fingerprint density at radius 1 is 1.19 bits per heavy atom. The van der Waals surface area contributed by atoms with Crippen molar-refractivity contribution >= 4 is 0 Å². The van der Waals surface area contributed by atoms with E-state index in [1.807, 2.05) is 0 Å². The Kier molecular flexibility index (Phi) is 1.74. The third-order valence-electron chi connectivity index (χ3n) is 4.13. The maximum absolute atomic E-state index is 5.60. The highest BCUT2D eigenvalue weighted by atomic mass is 16.7. The molecule has 0 saturated carbocycles. The fourth-order valence-electron chi connectivity index (χ4n) is 3.39. The molecule has 0 spiro atoms. The van der Waals surface area contributed by atoms with Crippen molar-refractivity contribution in [3.8, 4) is 11.5 Å². The van der Waals surface area contributed by atoms with Crippen molar-refractivity contribution in [2.24, 2.45) is 0 Å². The molecule has 0 radical (unpaired) electrons. The first-order valence-corrected chi connectivity index (χ1v) is 6.08. The van der Waals surface area contributed by atoms with Gasteiger partial charge in [-0.2, -0.15) is 0 Å². The van der Waals surface area contributed by atoms with E-state index in [0.717, 1.165) is 24.5 Å². The standard InChI is InChI=1S/C13H15NO2/c1-3-11-9(5-6-14-11)8-2-4-12-13(10(1)8)16-7-15-12/h2,4,9,11,14H,1,3,5-7H2/t9?,11-/m1/s1. The number of nitrogens with one attached hydrogen (secondary N) is 1. The first-order valence-electron chi connectivity index (χ1n) is 6.08. The van der Waals surface area contributed by atoms with E-state index in [1.165, 1.54) is 24.0 Å². The van der Waals surface area contributed by atoms with Crippen LogP contribution in [0, 0.1) is 0 Å². The number of fused-ring (bicyclic) bond motifs is 5. The van der Waals surface area contributed by atoms with Crippen LogP contribution in [-0.2, 0) is 6.42 Å². The van der Waals surface area contributed by atoms with Crippen molar-refractivity contribution in [1.82, 2.24) is 5.32 Å². The molecular formula is C13H15NO2. The van der Waals surface area contributed by atoms with Gasteiger partial charge in [0.25, 0.3) is 0 Å². The van der Waals surface area contributed by atoms with Gasteiger partial charge in [0.15, 0.2) is 11.5 Å². The summed E-state index contributed by atoms with van der Waals surface area (Å²) in [6.07, 6.45) is 3.62. The lowest BCUT2D eigenvalue weighted by atomic mass is 9.79. The van der Waals surface area contributed by atoms with Crippen LogP contribution in [0.4, 0.5) is 0 Å². The highest BCUT2D eigenvalue weighted by Crippen LogP contribution is 2.46. The van der Waals surface area contributed by atoms with E-state index in [-0.39, 0.29) is 0 Å². The van der Waals surface area contributed by atoms with Crippen LogP contribution in [0.1, 0.15) is 29.9 Å². The van der Waals surface area contributed by atoms with Gasteiger partial charge in [-0.05, 0) is 37.4 Å². The molecule has 2 heterocycles. The number of rotatable bonds is 0. The van der Waals surface area contributed by atoms with E-state index in [1.54, 1.807) is 0 Å². The summed E-state index contributed by atoms with van der Waals surface area (Å²) in [6, 6.07) is 5.00. The van der Waals surface area contributed by atoms with Crippen LogP contribution in [0.3, 0.4) is 0 Å². The van der Waals surface area contributed by atoms with Gasteiger partial charge in [-0.3, -0.25) is 0 Å². The maximum Gasteiger partial charge on any atom is 0.231 e. The second-order valence-electron chi connectivity index (χ2n) is 4.86. The second-order valence-corrected chi connectivity index (χ2v) is 4.86. The molecule has 2 aliphatic heterocycles. The van der Waals surface area contributed by atoms with Gasteiger partial charge >= 0.3 is 0 Å². The minimum atomic E-state index is 0.387. The summed E-state index contributed by atoms with van der Waals surface area (Å²) in [6.45, 7) is 1.54. The summed E-state index contributed by atoms with van der Waals surface area (Å²) in [5, 5.41) is 3.60. The molecule has 0 aromatic heterocycles. The Morgan fingerprint density at radius 3 is 3.19 bits per heavy atom.